The lowest BCUT2D eigenvalue weighted by Crippen LogP contribution is -2.31. The van der Waals surface area contributed by atoms with Gasteiger partial charge in [-0.2, -0.15) is 4.98 Å². The Kier molecular flexibility index (Phi) is 3.82. The van der Waals surface area contributed by atoms with Crippen molar-refractivity contribution in [3.8, 4) is 11.4 Å². The zero-order chi connectivity index (χ0) is 16.5. The molecule has 0 atom stereocenters. The molecule has 2 aromatic heterocycles. The van der Waals surface area contributed by atoms with Gasteiger partial charge in [0.25, 0.3) is 0 Å². The van der Waals surface area contributed by atoms with Crippen molar-refractivity contribution < 1.29 is 4.52 Å². The molecule has 1 aliphatic rings. The van der Waals surface area contributed by atoms with Crippen LogP contribution < -0.4 is 0 Å². The van der Waals surface area contributed by atoms with Gasteiger partial charge in [0.1, 0.15) is 5.82 Å². The predicted octanol–water partition coefficient (Wildman–Crippen LogP) is 2.70. The molecule has 0 saturated carbocycles. The van der Waals surface area contributed by atoms with Crippen LogP contribution in [0.15, 0.2) is 35.0 Å². The molecule has 0 aliphatic carbocycles. The second-order valence-corrected chi connectivity index (χ2v) is 6.18. The van der Waals surface area contributed by atoms with E-state index in [1.54, 1.807) is 0 Å². The maximum atomic E-state index is 5.45. The summed E-state index contributed by atoms with van der Waals surface area (Å²) in [5.41, 5.74) is 4.50. The van der Waals surface area contributed by atoms with Crippen LogP contribution in [0, 0.1) is 13.8 Å². The lowest BCUT2D eigenvalue weighted by Gasteiger charge is -2.26. The van der Waals surface area contributed by atoms with Gasteiger partial charge in [-0.05, 0) is 31.4 Å². The van der Waals surface area contributed by atoms with Crippen molar-refractivity contribution in [3.63, 3.8) is 0 Å². The molecule has 0 unspecified atom stereocenters. The molecule has 24 heavy (non-hydrogen) atoms. The highest BCUT2D eigenvalue weighted by Gasteiger charge is 2.20. The highest BCUT2D eigenvalue weighted by atomic mass is 16.5. The van der Waals surface area contributed by atoms with E-state index in [1.165, 1.54) is 5.56 Å². The molecule has 0 N–H and O–H groups in total. The summed E-state index contributed by atoms with van der Waals surface area (Å²) in [6.07, 6.45) is 2.90. The Labute approximate surface area is 140 Å². The van der Waals surface area contributed by atoms with E-state index in [1.807, 2.05) is 31.3 Å². The van der Waals surface area contributed by atoms with Crippen LogP contribution in [0.1, 0.15) is 28.5 Å². The molecule has 1 aliphatic heterocycles. The summed E-state index contributed by atoms with van der Waals surface area (Å²) in [6, 6.07) is 8.06. The first-order chi connectivity index (χ1) is 11.7. The van der Waals surface area contributed by atoms with Crippen molar-refractivity contribution in [3.05, 3.63) is 59.0 Å². The number of rotatable bonds is 3. The maximum absolute atomic E-state index is 5.45. The highest BCUT2D eigenvalue weighted by molar-refractivity contribution is 5.58. The van der Waals surface area contributed by atoms with Gasteiger partial charge < -0.3 is 4.52 Å². The van der Waals surface area contributed by atoms with Crippen LogP contribution in [-0.2, 0) is 19.5 Å². The van der Waals surface area contributed by atoms with Crippen LogP contribution >= 0.6 is 0 Å². The van der Waals surface area contributed by atoms with Crippen molar-refractivity contribution in [2.75, 3.05) is 6.54 Å². The van der Waals surface area contributed by atoms with E-state index in [0.717, 1.165) is 42.2 Å². The molecule has 3 heterocycles. The molecule has 0 saturated heterocycles. The SMILES string of the molecule is Cc1ncc2c(n1)CN(Cc1nc(-c3ccccc3C)no1)CC2. The Bertz CT molecular complexity index is 873. The monoisotopic (exact) mass is 321 g/mol. The summed E-state index contributed by atoms with van der Waals surface area (Å²) < 4.78 is 5.45. The van der Waals surface area contributed by atoms with Crippen LogP contribution in [0.4, 0.5) is 0 Å². The van der Waals surface area contributed by atoms with Crippen LogP contribution in [0.2, 0.25) is 0 Å². The smallest absolute Gasteiger partial charge is 0.241 e. The van der Waals surface area contributed by atoms with Crippen molar-refractivity contribution in [2.24, 2.45) is 0 Å². The summed E-state index contributed by atoms with van der Waals surface area (Å²) >= 11 is 0. The average molecular weight is 321 g/mol. The number of benzene rings is 1. The normalized spacial score (nSPS) is 14.6. The van der Waals surface area contributed by atoms with Crippen molar-refractivity contribution >= 4 is 0 Å². The van der Waals surface area contributed by atoms with Crippen LogP contribution in [-0.4, -0.2) is 31.6 Å². The first-order valence-electron chi connectivity index (χ1n) is 8.11. The number of hydrogen-bond donors (Lipinski definition) is 0. The molecule has 0 spiro atoms. The Morgan fingerprint density at radius 3 is 2.92 bits per heavy atom. The third kappa shape index (κ3) is 2.92. The van der Waals surface area contributed by atoms with E-state index < -0.39 is 0 Å². The van der Waals surface area contributed by atoms with Gasteiger partial charge in [0.15, 0.2) is 0 Å². The summed E-state index contributed by atoms with van der Waals surface area (Å²) in [7, 11) is 0. The van der Waals surface area contributed by atoms with Crippen LogP contribution in [0.5, 0.6) is 0 Å². The molecule has 0 radical (unpaired) electrons. The van der Waals surface area contributed by atoms with Crippen molar-refractivity contribution in [1.29, 1.82) is 0 Å². The quantitative estimate of drug-likeness (QED) is 0.739. The Morgan fingerprint density at radius 2 is 2.04 bits per heavy atom. The van der Waals surface area contributed by atoms with Gasteiger partial charge in [0, 0.05) is 24.8 Å². The third-order valence-corrected chi connectivity index (χ3v) is 4.36. The fourth-order valence-electron chi connectivity index (χ4n) is 3.04. The number of nitrogens with zero attached hydrogens (tertiary/aromatic N) is 5. The first-order valence-corrected chi connectivity index (χ1v) is 8.11. The molecule has 1 aromatic carbocycles. The highest BCUT2D eigenvalue weighted by Crippen LogP contribution is 2.22. The van der Waals surface area contributed by atoms with Gasteiger partial charge in [-0.3, -0.25) is 4.90 Å². The topological polar surface area (TPSA) is 67.9 Å². The lowest BCUT2D eigenvalue weighted by molar-refractivity contribution is 0.207. The first kappa shape index (κ1) is 15.0. The summed E-state index contributed by atoms with van der Waals surface area (Å²) in [4.78, 5) is 15.7. The molecule has 6 nitrogen and oxygen atoms in total. The Balaban J connectivity index is 1.50. The number of aryl methyl sites for hydroxylation is 2. The van der Waals surface area contributed by atoms with Gasteiger partial charge in [-0.25, -0.2) is 9.97 Å². The molecule has 0 bridgehead atoms. The van der Waals surface area contributed by atoms with Crippen molar-refractivity contribution in [1.82, 2.24) is 25.0 Å². The minimum atomic E-state index is 0.640. The largest absolute Gasteiger partial charge is 0.338 e. The fraction of sp³-hybridized carbons (Fsp3) is 0.333. The fourth-order valence-corrected chi connectivity index (χ4v) is 3.04. The molecular formula is C18H19N5O. The Morgan fingerprint density at radius 1 is 1.17 bits per heavy atom. The summed E-state index contributed by atoms with van der Waals surface area (Å²) in [5.74, 6) is 2.11. The third-order valence-electron chi connectivity index (χ3n) is 4.36. The maximum Gasteiger partial charge on any atom is 0.241 e. The minimum absolute atomic E-state index is 0.640. The van der Waals surface area contributed by atoms with Crippen LogP contribution in [0.3, 0.4) is 0 Å². The summed E-state index contributed by atoms with van der Waals surface area (Å²) in [6.45, 7) is 6.35. The van der Waals surface area contributed by atoms with Crippen molar-refractivity contribution in [2.45, 2.75) is 33.4 Å². The summed E-state index contributed by atoms with van der Waals surface area (Å²) in [5, 5.41) is 4.13. The van der Waals surface area contributed by atoms with E-state index in [2.05, 4.69) is 38.0 Å². The number of aromatic nitrogens is 4. The standard InChI is InChI=1S/C18H19N5O/c1-12-5-3-4-6-15(12)18-21-17(24-22-18)11-23-8-7-14-9-19-13(2)20-16(14)10-23/h3-6,9H,7-8,10-11H2,1-2H3. The zero-order valence-corrected chi connectivity index (χ0v) is 13.9. The van der Waals surface area contributed by atoms with Gasteiger partial charge in [-0.1, -0.05) is 29.4 Å². The van der Waals surface area contributed by atoms with Gasteiger partial charge in [0.2, 0.25) is 11.7 Å². The van der Waals surface area contributed by atoms with E-state index >= 15 is 0 Å². The van der Waals surface area contributed by atoms with E-state index in [0.29, 0.717) is 18.3 Å². The minimum Gasteiger partial charge on any atom is -0.338 e. The molecule has 6 heteroatoms. The van der Waals surface area contributed by atoms with E-state index in [9.17, 15) is 0 Å². The second kappa shape index (κ2) is 6.13. The molecule has 3 aromatic rings. The number of fused-ring (bicyclic) bond motifs is 1. The van der Waals surface area contributed by atoms with E-state index in [4.69, 9.17) is 4.52 Å². The van der Waals surface area contributed by atoms with Crippen LogP contribution in [0.25, 0.3) is 11.4 Å². The lowest BCUT2D eigenvalue weighted by atomic mass is 10.1. The van der Waals surface area contributed by atoms with Gasteiger partial charge >= 0.3 is 0 Å². The Hall–Kier alpha value is -2.60. The molecule has 4 rings (SSSR count). The van der Waals surface area contributed by atoms with E-state index in [-0.39, 0.29) is 0 Å². The average Bonchev–Trinajstić information content (AvgIpc) is 3.03. The predicted molar refractivity (Wildman–Crippen MR) is 89.1 cm³/mol. The van der Waals surface area contributed by atoms with Gasteiger partial charge in [0.05, 0.1) is 12.2 Å². The second-order valence-electron chi connectivity index (χ2n) is 6.18. The zero-order valence-electron chi connectivity index (χ0n) is 13.9. The molecule has 0 fully saturated rings. The molecular weight excluding hydrogens is 302 g/mol. The molecule has 0 amide bonds. The number of hydrogen-bond acceptors (Lipinski definition) is 6. The molecule has 122 valence electrons. The van der Waals surface area contributed by atoms with Gasteiger partial charge in [-0.15, -0.1) is 0 Å².